The Morgan fingerprint density at radius 1 is 0.680 bits per heavy atom. The minimum absolute atomic E-state index is 0.171. The van der Waals surface area contributed by atoms with Gasteiger partial charge in [-0.3, -0.25) is 9.59 Å². The van der Waals surface area contributed by atoms with Gasteiger partial charge in [-0.05, 0) is 43.9 Å². The van der Waals surface area contributed by atoms with Crippen LogP contribution in [0.5, 0.6) is 0 Å². The number of hydrogen-bond acceptors (Lipinski definition) is 4. The van der Waals surface area contributed by atoms with Crippen LogP contribution in [0.15, 0.2) is 0 Å². The normalized spacial score (nSPS) is 27.4. The van der Waals surface area contributed by atoms with E-state index in [-0.39, 0.29) is 23.8 Å². The van der Waals surface area contributed by atoms with Gasteiger partial charge >= 0.3 is 11.9 Å². The first-order valence-corrected chi connectivity index (χ1v) is 10.5. The van der Waals surface area contributed by atoms with E-state index in [1.165, 1.54) is 32.1 Å². The van der Waals surface area contributed by atoms with Crippen LogP contribution in [-0.4, -0.2) is 25.2 Å². The Morgan fingerprint density at radius 2 is 1.12 bits per heavy atom. The van der Waals surface area contributed by atoms with E-state index in [0.717, 1.165) is 38.5 Å². The zero-order valence-electron chi connectivity index (χ0n) is 16.1. The summed E-state index contributed by atoms with van der Waals surface area (Å²) in [4.78, 5) is 25.0. The standard InChI is InChI=1S/C21H36O4/c1-3-5-7-9-11-24-20(22)18-14-16-13-17(16)15-19(18)21(23)25-12-10-8-6-4-2/h16-19H,3-15H2,1-2H3. The number of carbonyl (C=O) groups is 2. The van der Waals surface area contributed by atoms with Gasteiger partial charge in [0.2, 0.25) is 0 Å². The molecule has 0 spiro atoms. The average molecular weight is 353 g/mol. The SMILES string of the molecule is CCCCCCOC(=O)C1CC2CC2CC1C(=O)OCCCCCC. The maximum atomic E-state index is 12.5. The number of rotatable bonds is 12. The summed E-state index contributed by atoms with van der Waals surface area (Å²) < 4.78 is 11.0. The van der Waals surface area contributed by atoms with Crippen molar-refractivity contribution in [1.82, 2.24) is 0 Å². The average Bonchev–Trinajstić information content (AvgIpc) is 3.38. The molecule has 4 nitrogen and oxygen atoms in total. The molecule has 0 aromatic rings. The van der Waals surface area contributed by atoms with Gasteiger partial charge in [0.05, 0.1) is 25.0 Å². The first-order chi connectivity index (χ1) is 12.2. The van der Waals surface area contributed by atoms with Crippen LogP contribution in [0.4, 0.5) is 0 Å². The van der Waals surface area contributed by atoms with Crippen molar-refractivity contribution in [2.24, 2.45) is 23.7 Å². The first-order valence-electron chi connectivity index (χ1n) is 10.5. The van der Waals surface area contributed by atoms with Crippen LogP contribution in [0.2, 0.25) is 0 Å². The molecule has 0 bridgehead atoms. The van der Waals surface area contributed by atoms with Gasteiger partial charge in [0, 0.05) is 0 Å². The van der Waals surface area contributed by atoms with Crippen molar-refractivity contribution in [1.29, 1.82) is 0 Å². The molecule has 2 rings (SSSR count). The van der Waals surface area contributed by atoms with Gasteiger partial charge in [0.25, 0.3) is 0 Å². The van der Waals surface area contributed by atoms with Gasteiger partial charge in [-0.2, -0.15) is 0 Å². The van der Waals surface area contributed by atoms with E-state index in [0.29, 0.717) is 25.0 Å². The number of unbranched alkanes of at least 4 members (excludes halogenated alkanes) is 6. The third-order valence-electron chi connectivity index (χ3n) is 5.76. The van der Waals surface area contributed by atoms with Gasteiger partial charge in [-0.25, -0.2) is 0 Å². The predicted octanol–water partition coefficient (Wildman–Crippen LogP) is 4.90. The van der Waals surface area contributed by atoms with E-state index in [1.807, 2.05) is 0 Å². The van der Waals surface area contributed by atoms with E-state index < -0.39 is 0 Å². The summed E-state index contributed by atoms with van der Waals surface area (Å²) in [6, 6.07) is 0. The van der Waals surface area contributed by atoms with E-state index in [9.17, 15) is 9.59 Å². The third-order valence-corrected chi connectivity index (χ3v) is 5.76. The van der Waals surface area contributed by atoms with Crippen molar-refractivity contribution in [3.8, 4) is 0 Å². The molecule has 0 amide bonds. The molecular weight excluding hydrogens is 316 g/mol. The number of esters is 2. The topological polar surface area (TPSA) is 52.6 Å². The van der Waals surface area contributed by atoms with Gasteiger partial charge < -0.3 is 9.47 Å². The Labute approximate surface area is 153 Å². The molecule has 0 N–H and O–H groups in total. The van der Waals surface area contributed by atoms with Crippen LogP contribution < -0.4 is 0 Å². The van der Waals surface area contributed by atoms with Crippen molar-refractivity contribution in [2.75, 3.05) is 13.2 Å². The fraction of sp³-hybridized carbons (Fsp3) is 0.905. The Bertz CT molecular complexity index is 382. The second kappa shape index (κ2) is 10.8. The Kier molecular flexibility index (Phi) is 8.77. The summed E-state index contributed by atoms with van der Waals surface area (Å²) in [5.74, 6) is 0.359. The molecule has 25 heavy (non-hydrogen) atoms. The van der Waals surface area contributed by atoms with E-state index in [1.54, 1.807) is 0 Å². The predicted molar refractivity (Wildman–Crippen MR) is 98.0 cm³/mol. The molecule has 2 saturated carbocycles. The van der Waals surface area contributed by atoms with Crippen molar-refractivity contribution < 1.29 is 19.1 Å². The lowest BCUT2D eigenvalue weighted by Gasteiger charge is -2.28. The largest absolute Gasteiger partial charge is 0.465 e. The molecule has 4 unspecified atom stereocenters. The fourth-order valence-electron chi connectivity index (χ4n) is 4.01. The van der Waals surface area contributed by atoms with Crippen molar-refractivity contribution in [3.05, 3.63) is 0 Å². The maximum absolute atomic E-state index is 12.5. The fourth-order valence-corrected chi connectivity index (χ4v) is 4.01. The molecule has 4 heteroatoms. The second-order valence-electron chi connectivity index (χ2n) is 7.90. The Morgan fingerprint density at radius 3 is 1.52 bits per heavy atom. The summed E-state index contributed by atoms with van der Waals surface area (Å²) in [7, 11) is 0. The minimum atomic E-state index is -0.280. The van der Waals surface area contributed by atoms with Crippen LogP contribution in [-0.2, 0) is 19.1 Å². The van der Waals surface area contributed by atoms with Crippen LogP contribution in [0.25, 0.3) is 0 Å². The quantitative estimate of drug-likeness (QED) is 0.370. The van der Waals surface area contributed by atoms with Crippen LogP contribution in [0, 0.1) is 23.7 Å². The van der Waals surface area contributed by atoms with Gasteiger partial charge in [-0.15, -0.1) is 0 Å². The van der Waals surface area contributed by atoms with E-state index in [4.69, 9.17) is 9.47 Å². The monoisotopic (exact) mass is 352 g/mol. The van der Waals surface area contributed by atoms with Gasteiger partial charge in [-0.1, -0.05) is 52.4 Å². The van der Waals surface area contributed by atoms with Crippen LogP contribution >= 0.6 is 0 Å². The summed E-state index contributed by atoms with van der Waals surface area (Å²) in [6.07, 6.45) is 11.5. The second-order valence-corrected chi connectivity index (χ2v) is 7.90. The molecule has 0 aromatic carbocycles. The highest BCUT2D eigenvalue weighted by atomic mass is 16.5. The molecule has 2 aliphatic rings. The molecule has 4 atom stereocenters. The highest BCUT2D eigenvalue weighted by Gasteiger charge is 2.51. The molecule has 2 aliphatic carbocycles. The molecule has 0 radical (unpaired) electrons. The lowest BCUT2D eigenvalue weighted by Crippen LogP contribution is -2.36. The minimum Gasteiger partial charge on any atom is -0.465 e. The number of hydrogen-bond donors (Lipinski definition) is 0. The molecule has 0 heterocycles. The third kappa shape index (κ3) is 6.63. The zero-order valence-corrected chi connectivity index (χ0v) is 16.1. The summed E-state index contributed by atoms with van der Waals surface area (Å²) in [5, 5.41) is 0. The molecule has 0 aliphatic heterocycles. The number of carbonyl (C=O) groups excluding carboxylic acids is 2. The van der Waals surface area contributed by atoms with Crippen LogP contribution in [0.3, 0.4) is 0 Å². The number of fused-ring (bicyclic) bond motifs is 1. The van der Waals surface area contributed by atoms with Crippen molar-refractivity contribution in [3.63, 3.8) is 0 Å². The zero-order chi connectivity index (χ0) is 18.1. The summed E-state index contributed by atoms with van der Waals surface area (Å²) >= 11 is 0. The maximum Gasteiger partial charge on any atom is 0.309 e. The van der Waals surface area contributed by atoms with E-state index >= 15 is 0 Å². The number of ether oxygens (including phenoxy) is 2. The highest BCUT2D eigenvalue weighted by molar-refractivity contribution is 5.82. The molecular formula is C21H36O4. The first kappa shape index (κ1) is 20.3. The Balaban J connectivity index is 1.75. The lowest BCUT2D eigenvalue weighted by molar-refractivity contribution is -0.163. The summed E-state index contributed by atoms with van der Waals surface area (Å²) in [6.45, 7) is 5.31. The van der Waals surface area contributed by atoms with E-state index in [2.05, 4.69) is 13.8 Å². The summed E-state index contributed by atoms with van der Waals surface area (Å²) in [5.41, 5.74) is 0. The lowest BCUT2D eigenvalue weighted by atomic mass is 9.79. The van der Waals surface area contributed by atoms with Gasteiger partial charge in [0.1, 0.15) is 0 Å². The highest BCUT2D eigenvalue weighted by Crippen LogP contribution is 2.54. The molecule has 0 saturated heterocycles. The van der Waals surface area contributed by atoms with Gasteiger partial charge in [0.15, 0.2) is 0 Å². The molecule has 2 fully saturated rings. The Hall–Kier alpha value is -1.06. The molecule has 0 aromatic heterocycles. The smallest absolute Gasteiger partial charge is 0.309 e. The van der Waals surface area contributed by atoms with Crippen LogP contribution in [0.1, 0.15) is 84.5 Å². The molecule has 144 valence electrons. The van der Waals surface area contributed by atoms with Crippen molar-refractivity contribution >= 4 is 11.9 Å². The van der Waals surface area contributed by atoms with Crippen molar-refractivity contribution in [2.45, 2.75) is 84.5 Å².